The summed E-state index contributed by atoms with van der Waals surface area (Å²) in [5.74, 6) is 0.651. The van der Waals surface area contributed by atoms with Crippen molar-refractivity contribution in [3.8, 4) is 5.75 Å². The van der Waals surface area contributed by atoms with Crippen LogP contribution in [0.4, 0.5) is 13.2 Å². The van der Waals surface area contributed by atoms with Crippen LogP contribution >= 0.6 is 0 Å². The van der Waals surface area contributed by atoms with Gasteiger partial charge in [-0.05, 0) is 43.2 Å². The van der Waals surface area contributed by atoms with Gasteiger partial charge >= 0.3 is 6.18 Å². The van der Waals surface area contributed by atoms with Gasteiger partial charge in [0.2, 0.25) is 0 Å². The van der Waals surface area contributed by atoms with Gasteiger partial charge in [-0.2, -0.15) is 18.3 Å². The molecule has 0 radical (unpaired) electrons. The van der Waals surface area contributed by atoms with Gasteiger partial charge in [0.25, 0.3) is 0 Å². The van der Waals surface area contributed by atoms with E-state index < -0.39 is 18.0 Å². The van der Waals surface area contributed by atoms with Crippen LogP contribution in [-0.2, 0) is 6.54 Å². The number of benzene rings is 1. The molecule has 25 heavy (non-hydrogen) atoms. The van der Waals surface area contributed by atoms with Crippen molar-refractivity contribution in [2.45, 2.75) is 37.8 Å². The summed E-state index contributed by atoms with van der Waals surface area (Å²) in [5, 5.41) is 18.7. The fourth-order valence-electron chi connectivity index (χ4n) is 3.00. The summed E-state index contributed by atoms with van der Waals surface area (Å²) in [6.45, 7) is 0.814. The molecule has 8 heteroatoms. The Balaban J connectivity index is 1.86. The molecule has 2 aliphatic rings. The summed E-state index contributed by atoms with van der Waals surface area (Å²) in [7, 11) is 1.54. The molecular weight excluding hydrogens is 335 g/mol. The lowest BCUT2D eigenvalue weighted by Gasteiger charge is -2.33. The Morgan fingerprint density at radius 1 is 1.32 bits per heavy atom. The average Bonchev–Trinajstić information content (AvgIpc) is 3.11. The Morgan fingerprint density at radius 2 is 2.04 bits per heavy atom. The second-order valence-electron chi connectivity index (χ2n) is 6.09. The van der Waals surface area contributed by atoms with E-state index in [1.54, 1.807) is 24.3 Å². The van der Waals surface area contributed by atoms with E-state index in [0.717, 1.165) is 36.0 Å². The Kier molecular flexibility index (Phi) is 5.01. The van der Waals surface area contributed by atoms with Gasteiger partial charge in [-0.3, -0.25) is 5.01 Å². The van der Waals surface area contributed by atoms with Crippen molar-refractivity contribution >= 4 is 5.71 Å². The maximum atomic E-state index is 13.3. The zero-order valence-corrected chi connectivity index (χ0v) is 13.8. The number of hydrogen-bond acceptors (Lipinski definition) is 5. The number of alkyl halides is 3. The molecule has 2 heterocycles. The van der Waals surface area contributed by atoms with Crippen LogP contribution in [-0.4, -0.2) is 47.9 Å². The summed E-state index contributed by atoms with van der Waals surface area (Å²) in [6.07, 6.45) is -3.85. The van der Waals surface area contributed by atoms with E-state index in [1.165, 1.54) is 7.11 Å². The first-order valence-corrected chi connectivity index (χ1v) is 8.07. The van der Waals surface area contributed by atoms with E-state index in [0.29, 0.717) is 11.5 Å². The number of methoxy groups -OCH3 is 1. The third-order valence-corrected chi connectivity index (χ3v) is 4.36. The van der Waals surface area contributed by atoms with Crippen LogP contribution in [0.3, 0.4) is 0 Å². The molecule has 3 rings (SSSR count). The highest BCUT2D eigenvalue weighted by Crippen LogP contribution is 2.33. The molecule has 0 aromatic heterocycles. The lowest BCUT2D eigenvalue weighted by Crippen LogP contribution is -2.44. The maximum Gasteiger partial charge on any atom is 0.417 e. The number of rotatable bonds is 4. The van der Waals surface area contributed by atoms with E-state index in [1.807, 2.05) is 0 Å². The number of nitrogens with zero attached hydrogens (tertiary/aromatic N) is 2. The Labute approximate surface area is 143 Å². The summed E-state index contributed by atoms with van der Waals surface area (Å²) < 4.78 is 45.0. The second kappa shape index (κ2) is 7.05. The van der Waals surface area contributed by atoms with Gasteiger partial charge < -0.3 is 15.2 Å². The minimum atomic E-state index is -4.61. The highest BCUT2D eigenvalue weighted by molar-refractivity contribution is 6.00. The normalized spacial score (nSPS) is 24.1. The van der Waals surface area contributed by atoms with Gasteiger partial charge in [0.05, 0.1) is 31.0 Å². The lowest BCUT2D eigenvalue weighted by molar-refractivity contribution is -0.123. The van der Waals surface area contributed by atoms with Crippen molar-refractivity contribution in [2.75, 3.05) is 13.7 Å². The molecule has 1 aromatic rings. The second-order valence-corrected chi connectivity index (χ2v) is 6.09. The quantitative estimate of drug-likeness (QED) is 0.871. The van der Waals surface area contributed by atoms with Crippen molar-refractivity contribution in [3.05, 3.63) is 41.5 Å². The molecule has 2 N–H and O–H groups in total. The van der Waals surface area contributed by atoms with Crippen molar-refractivity contribution in [1.82, 2.24) is 10.3 Å². The van der Waals surface area contributed by atoms with E-state index >= 15 is 0 Å². The standard InChI is InChI=1S/C17H20F3N3O2/c1-25-12-6-4-11(5-7-12)10-23-16(24)13(17(18,19)20)9-15(22-23)14-3-2-8-21-14/h4-7,9,14,16,21,24H,2-3,8,10H2,1H3. The number of nitrogens with one attached hydrogen (secondary N) is 1. The number of aliphatic hydroxyl groups excluding tert-OH is 1. The molecular formula is C17H20F3N3O2. The zero-order chi connectivity index (χ0) is 18.0. The van der Waals surface area contributed by atoms with E-state index in [9.17, 15) is 18.3 Å². The van der Waals surface area contributed by atoms with Gasteiger partial charge in [0.1, 0.15) is 5.75 Å². The predicted octanol–water partition coefficient (Wildman–Crippen LogP) is 2.43. The Bertz CT molecular complexity index is 665. The first kappa shape index (κ1) is 17.8. The monoisotopic (exact) mass is 355 g/mol. The van der Waals surface area contributed by atoms with Gasteiger partial charge in [-0.1, -0.05) is 12.1 Å². The van der Waals surface area contributed by atoms with Crippen LogP contribution in [0.25, 0.3) is 0 Å². The molecule has 136 valence electrons. The maximum absolute atomic E-state index is 13.3. The van der Waals surface area contributed by atoms with E-state index in [-0.39, 0.29) is 12.6 Å². The van der Waals surface area contributed by atoms with Crippen molar-refractivity contribution in [1.29, 1.82) is 0 Å². The van der Waals surface area contributed by atoms with E-state index in [2.05, 4.69) is 10.4 Å². The first-order valence-electron chi connectivity index (χ1n) is 8.07. The van der Waals surface area contributed by atoms with Crippen molar-refractivity contribution in [3.63, 3.8) is 0 Å². The molecule has 0 saturated carbocycles. The third-order valence-electron chi connectivity index (χ3n) is 4.36. The number of aliphatic hydroxyl groups is 1. The van der Waals surface area contributed by atoms with Crippen LogP contribution in [0.15, 0.2) is 41.0 Å². The average molecular weight is 355 g/mol. The Hall–Kier alpha value is -2.06. The number of ether oxygens (including phenoxy) is 1. The van der Waals surface area contributed by atoms with Crippen LogP contribution in [0, 0.1) is 0 Å². The van der Waals surface area contributed by atoms with E-state index in [4.69, 9.17) is 4.74 Å². The predicted molar refractivity (Wildman–Crippen MR) is 87.1 cm³/mol. The minimum Gasteiger partial charge on any atom is -0.497 e. The largest absolute Gasteiger partial charge is 0.497 e. The SMILES string of the molecule is COc1ccc(CN2N=C(C3CCCN3)C=C(C(F)(F)F)C2O)cc1. The Morgan fingerprint density at radius 3 is 2.60 bits per heavy atom. The highest BCUT2D eigenvalue weighted by Gasteiger charge is 2.43. The van der Waals surface area contributed by atoms with Crippen LogP contribution in [0.2, 0.25) is 0 Å². The number of hydrogen-bond donors (Lipinski definition) is 2. The number of hydrazone groups is 1. The minimum absolute atomic E-state index is 0.0643. The van der Waals surface area contributed by atoms with Crippen molar-refractivity contribution in [2.24, 2.45) is 5.10 Å². The molecule has 0 bridgehead atoms. The van der Waals surface area contributed by atoms with Gasteiger partial charge in [-0.15, -0.1) is 0 Å². The molecule has 0 spiro atoms. The zero-order valence-electron chi connectivity index (χ0n) is 13.8. The summed E-state index contributed by atoms with van der Waals surface area (Å²) in [4.78, 5) is 0. The fourth-order valence-corrected chi connectivity index (χ4v) is 3.00. The molecule has 0 aliphatic carbocycles. The summed E-state index contributed by atoms with van der Waals surface area (Å²) in [5.41, 5.74) is 0.0501. The summed E-state index contributed by atoms with van der Waals surface area (Å²) in [6, 6.07) is 6.69. The molecule has 1 fully saturated rings. The van der Waals surface area contributed by atoms with Crippen LogP contribution in [0.5, 0.6) is 5.75 Å². The van der Waals surface area contributed by atoms with Gasteiger partial charge in [-0.25, -0.2) is 0 Å². The number of halogens is 3. The topological polar surface area (TPSA) is 57.1 Å². The molecule has 1 aromatic carbocycles. The van der Waals surface area contributed by atoms with Crippen LogP contribution < -0.4 is 10.1 Å². The van der Waals surface area contributed by atoms with Gasteiger partial charge in [0.15, 0.2) is 6.23 Å². The fraction of sp³-hybridized carbons (Fsp3) is 0.471. The molecule has 1 saturated heterocycles. The van der Waals surface area contributed by atoms with Crippen molar-refractivity contribution < 1.29 is 23.0 Å². The molecule has 2 unspecified atom stereocenters. The molecule has 2 aliphatic heterocycles. The highest BCUT2D eigenvalue weighted by atomic mass is 19.4. The molecule has 5 nitrogen and oxygen atoms in total. The third kappa shape index (κ3) is 3.96. The lowest BCUT2D eigenvalue weighted by atomic mass is 10.0. The molecule has 2 atom stereocenters. The molecule has 0 amide bonds. The first-order chi connectivity index (χ1) is 11.9. The summed E-state index contributed by atoms with van der Waals surface area (Å²) >= 11 is 0. The smallest absolute Gasteiger partial charge is 0.417 e. The van der Waals surface area contributed by atoms with Crippen LogP contribution in [0.1, 0.15) is 18.4 Å². The van der Waals surface area contributed by atoms with Gasteiger partial charge in [0, 0.05) is 0 Å².